The van der Waals surface area contributed by atoms with E-state index in [2.05, 4.69) is 21.2 Å². The summed E-state index contributed by atoms with van der Waals surface area (Å²) in [7, 11) is 1.60. The van der Waals surface area contributed by atoms with Crippen molar-refractivity contribution in [3.8, 4) is 5.75 Å². The second kappa shape index (κ2) is 7.67. The summed E-state index contributed by atoms with van der Waals surface area (Å²) in [6.07, 6.45) is 7.82. The summed E-state index contributed by atoms with van der Waals surface area (Å²) in [5, 5.41) is 3.01. The maximum atomic E-state index is 12.1. The van der Waals surface area contributed by atoms with Crippen LogP contribution < -0.4 is 10.1 Å². The normalized spacial score (nSPS) is 15.9. The SMILES string of the molecule is COc1cc(C(=O)NCCC2CCCCC2)ccc1Br. The third-order valence-electron chi connectivity index (χ3n) is 3.98. The molecule has 1 amide bonds. The maximum absolute atomic E-state index is 12.1. The quantitative estimate of drug-likeness (QED) is 0.874. The lowest BCUT2D eigenvalue weighted by Gasteiger charge is -2.21. The van der Waals surface area contributed by atoms with Crippen molar-refractivity contribution in [1.29, 1.82) is 0 Å². The molecule has 1 aliphatic rings. The fraction of sp³-hybridized carbons (Fsp3) is 0.562. The summed E-state index contributed by atoms with van der Waals surface area (Å²) in [4.78, 5) is 12.1. The van der Waals surface area contributed by atoms with E-state index < -0.39 is 0 Å². The molecule has 0 bridgehead atoms. The molecule has 0 saturated heterocycles. The van der Waals surface area contributed by atoms with Crippen LogP contribution in [0.1, 0.15) is 48.9 Å². The largest absolute Gasteiger partial charge is 0.496 e. The molecule has 1 fully saturated rings. The van der Waals surface area contributed by atoms with Gasteiger partial charge in [-0.1, -0.05) is 32.1 Å². The number of nitrogens with one attached hydrogen (secondary N) is 1. The van der Waals surface area contributed by atoms with Gasteiger partial charge in [0.05, 0.1) is 11.6 Å². The summed E-state index contributed by atoms with van der Waals surface area (Å²) < 4.78 is 6.07. The minimum atomic E-state index is -0.0217. The lowest BCUT2D eigenvalue weighted by molar-refractivity contribution is 0.0950. The lowest BCUT2D eigenvalue weighted by atomic mass is 9.87. The van der Waals surface area contributed by atoms with E-state index in [9.17, 15) is 4.79 Å². The van der Waals surface area contributed by atoms with E-state index in [1.807, 2.05) is 12.1 Å². The predicted octanol–water partition coefficient (Wildman–Crippen LogP) is 4.16. The third kappa shape index (κ3) is 4.23. The van der Waals surface area contributed by atoms with Crippen molar-refractivity contribution in [1.82, 2.24) is 5.32 Å². The smallest absolute Gasteiger partial charge is 0.251 e. The molecule has 0 aromatic heterocycles. The minimum absolute atomic E-state index is 0.0217. The number of benzene rings is 1. The fourth-order valence-corrected chi connectivity index (χ4v) is 3.18. The van der Waals surface area contributed by atoms with Crippen molar-refractivity contribution >= 4 is 21.8 Å². The van der Waals surface area contributed by atoms with Gasteiger partial charge in [-0.25, -0.2) is 0 Å². The molecule has 1 saturated carbocycles. The van der Waals surface area contributed by atoms with Crippen LogP contribution in [-0.4, -0.2) is 19.6 Å². The van der Waals surface area contributed by atoms with E-state index in [-0.39, 0.29) is 5.91 Å². The van der Waals surface area contributed by atoms with Gasteiger partial charge in [-0.05, 0) is 46.5 Å². The fourth-order valence-electron chi connectivity index (χ4n) is 2.77. The standard InChI is InChI=1S/C16H22BrNO2/c1-20-15-11-13(7-8-14(15)17)16(19)18-10-9-12-5-3-2-4-6-12/h7-8,11-12H,2-6,9-10H2,1H3,(H,18,19). The van der Waals surface area contributed by atoms with Gasteiger partial charge in [0, 0.05) is 12.1 Å². The molecule has 1 aromatic carbocycles. The van der Waals surface area contributed by atoms with Gasteiger partial charge in [0.15, 0.2) is 0 Å². The number of carbonyl (C=O) groups excluding carboxylic acids is 1. The van der Waals surface area contributed by atoms with Crippen LogP contribution in [0.5, 0.6) is 5.75 Å². The van der Waals surface area contributed by atoms with Gasteiger partial charge in [0.2, 0.25) is 0 Å². The molecular formula is C16H22BrNO2. The van der Waals surface area contributed by atoms with Gasteiger partial charge >= 0.3 is 0 Å². The first kappa shape index (κ1) is 15.4. The Labute approximate surface area is 129 Å². The van der Waals surface area contributed by atoms with Crippen LogP contribution in [0, 0.1) is 5.92 Å². The third-order valence-corrected chi connectivity index (χ3v) is 4.63. The number of methoxy groups -OCH3 is 1. The molecule has 0 atom stereocenters. The van der Waals surface area contributed by atoms with E-state index in [0.717, 1.165) is 23.4 Å². The topological polar surface area (TPSA) is 38.3 Å². The highest BCUT2D eigenvalue weighted by Gasteiger charge is 2.14. The minimum Gasteiger partial charge on any atom is -0.496 e. The van der Waals surface area contributed by atoms with Crippen LogP contribution in [0.2, 0.25) is 0 Å². The number of hydrogen-bond acceptors (Lipinski definition) is 2. The van der Waals surface area contributed by atoms with Crippen molar-refractivity contribution in [2.75, 3.05) is 13.7 Å². The maximum Gasteiger partial charge on any atom is 0.251 e. The highest BCUT2D eigenvalue weighted by atomic mass is 79.9. The molecule has 4 heteroatoms. The number of carbonyl (C=O) groups is 1. The van der Waals surface area contributed by atoms with Gasteiger partial charge in [-0.3, -0.25) is 4.79 Å². The zero-order valence-electron chi connectivity index (χ0n) is 12.0. The van der Waals surface area contributed by atoms with E-state index in [4.69, 9.17) is 4.74 Å². The first-order valence-electron chi connectivity index (χ1n) is 7.32. The zero-order chi connectivity index (χ0) is 14.4. The Hall–Kier alpha value is -1.03. The lowest BCUT2D eigenvalue weighted by Crippen LogP contribution is -2.26. The van der Waals surface area contributed by atoms with Gasteiger partial charge in [0.25, 0.3) is 5.91 Å². The Kier molecular flexibility index (Phi) is 5.89. The summed E-state index contributed by atoms with van der Waals surface area (Å²) in [6.45, 7) is 0.766. The summed E-state index contributed by atoms with van der Waals surface area (Å²) in [6, 6.07) is 5.41. The van der Waals surface area contributed by atoms with Crippen molar-refractivity contribution in [3.63, 3.8) is 0 Å². The molecule has 0 spiro atoms. The Balaban J connectivity index is 1.82. The zero-order valence-corrected chi connectivity index (χ0v) is 13.5. The summed E-state index contributed by atoms with van der Waals surface area (Å²) in [5.74, 6) is 1.46. The molecule has 0 aliphatic heterocycles. The number of halogens is 1. The molecule has 0 unspecified atom stereocenters. The van der Waals surface area contributed by atoms with E-state index in [0.29, 0.717) is 11.3 Å². The number of amides is 1. The van der Waals surface area contributed by atoms with E-state index in [1.165, 1.54) is 32.1 Å². The van der Waals surface area contributed by atoms with E-state index >= 15 is 0 Å². The number of hydrogen-bond donors (Lipinski definition) is 1. The molecule has 0 radical (unpaired) electrons. The second-order valence-corrected chi connectivity index (χ2v) is 6.25. The Morgan fingerprint density at radius 3 is 2.80 bits per heavy atom. The average Bonchev–Trinajstić information content (AvgIpc) is 2.48. The molecule has 2 rings (SSSR count). The van der Waals surface area contributed by atoms with Crippen LogP contribution in [0.15, 0.2) is 22.7 Å². The van der Waals surface area contributed by atoms with Crippen molar-refractivity contribution in [2.45, 2.75) is 38.5 Å². The van der Waals surface area contributed by atoms with Crippen molar-refractivity contribution in [2.24, 2.45) is 5.92 Å². The Morgan fingerprint density at radius 1 is 1.35 bits per heavy atom. The van der Waals surface area contributed by atoms with Gasteiger partial charge in [-0.2, -0.15) is 0 Å². The number of rotatable bonds is 5. The molecular weight excluding hydrogens is 318 g/mol. The van der Waals surface area contributed by atoms with Gasteiger partial charge < -0.3 is 10.1 Å². The first-order valence-corrected chi connectivity index (χ1v) is 8.11. The molecule has 110 valence electrons. The Bertz CT molecular complexity index is 456. The molecule has 3 nitrogen and oxygen atoms in total. The van der Waals surface area contributed by atoms with E-state index in [1.54, 1.807) is 13.2 Å². The molecule has 20 heavy (non-hydrogen) atoms. The van der Waals surface area contributed by atoms with Crippen LogP contribution in [0.3, 0.4) is 0 Å². The summed E-state index contributed by atoms with van der Waals surface area (Å²) in [5.41, 5.74) is 0.647. The molecule has 1 N–H and O–H groups in total. The Morgan fingerprint density at radius 2 is 2.10 bits per heavy atom. The molecule has 1 aromatic rings. The monoisotopic (exact) mass is 339 g/mol. The van der Waals surface area contributed by atoms with Crippen LogP contribution in [0.25, 0.3) is 0 Å². The van der Waals surface area contributed by atoms with Crippen molar-refractivity contribution < 1.29 is 9.53 Å². The van der Waals surface area contributed by atoms with Crippen LogP contribution in [0.4, 0.5) is 0 Å². The molecule has 0 heterocycles. The predicted molar refractivity (Wildman–Crippen MR) is 84.2 cm³/mol. The first-order chi connectivity index (χ1) is 9.70. The van der Waals surface area contributed by atoms with Crippen LogP contribution >= 0.6 is 15.9 Å². The highest BCUT2D eigenvalue weighted by molar-refractivity contribution is 9.10. The highest BCUT2D eigenvalue weighted by Crippen LogP contribution is 2.26. The summed E-state index contributed by atoms with van der Waals surface area (Å²) >= 11 is 3.39. The molecule has 1 aliphatic carbocycles. The van der Waals surface area contributed by atoms with Gasteiger partial charge in [0.1, 0.15) is 5.75 Å². The number of ether oxygens (including phenoxy) is 1. The average molecular weight is 340 g/mol. The van der Waals surface area contributed by atoms with Gasteiger partial charge in [-0.15, -0.1) is 0 Å². The second-order valence-electron chi connectivity index (χ2n) is 5.40. The van der Waals surface area contributed by atoms with Crippen molar-refractivity contribution in [3.05, 3.63) is 28.2 Å². The van der Waals surface area contributed by atoms with Crippen LogP contribution in [-0.2, 0) is 0 Å².